The van der Waals surface area contributed by atoms with Gasteiger partial charge in [-0.1, -0.05) is 28.1 Å². The first kappa shape index (κ1) is 12.6. The van der Waals surface area contributed by atoms with Crippen LogP contribution >= 0.6 is 15.9 Å². The molecule has 0 saturated carbocycles. The van der Waals surface area contributed by atoms with Gasteiger partial charge in [-0.25, -0.2) is 0 Å². The summed E-state index contributed by atoms with van der Waals surface area (Å²) in [6, 6.07) is 9.20. The molecule has 98 valence electrons. The molecule has 0 radical (unpaired) electrons. The van der Waals surface area contributed by atoms with Gasteiger partial charge in [0.25, 0.3) is 0 Å². The topological polar surface area (TPSA) is 12.5 Å². The third kappa shape index (κ3) is 2.36. The quantitative estimate of drug-likeness (QED) is 0.827. The lowest BCUT2D eigenvalue weighted by Crippen LogP contribution is -2.58. The van der Waals surface area contributed by atoms with Gasteiger partial charge in [0.05, 0.1) is 0 Å². The van der Waals surface area contributed by atoms with Crippen molar-refractivity contribution < 1.29 is 4.74 Å². The van der Waals surface area contributed by atoms with Crippen LogP contribution in [0.1, 0.15) is 31.4 Å². The molecule has 2 saturated heterocycles. The molecule has 2 aliphatic rings. The van der Waals surface area contributed by atoms with E-state index in [2.05, 4.69) is 52.0 Å². The average Bonchev–Trinajstić information content (AvgIpc) is 2.36. The van der Waals surface area contributed by atoms with E-state index in [4.69, 9.17) is 4.74 Å². The Hall–Kier alpha value is -0.380. The minimum Gasteiger partial charge on any atom is -0.381 e. The first-order valence-corrected chi connectivity index (χ1v) is 7.55. The van der Waals surface area contributed by atoms with Gasteiger partial charge in [-0.3, -0.25) is 4.90 Å². The van der Waals surface area contributed by atoms with Crippen molar-refractivity contribution in [3.8, 4) is 0 Å². The number of nitrogens with zero attached hydrogens (tertiary/aromatic N) is 1. The van der Waals surface area contributed by atoms with Crippen LogP contribution in [-0.4, -0.2) is 31.2 Å². The van der Waals surface area contributed by atoms with E-state index < -0.39 is 0 Å². The number of likely N-dealkylation sites (tertiary alicyclic amines) is 1. The molecule has 2 aliphatic heterocycles. The summed E-state index contributed by atoms with van der Waals surface area (Å²) < 4.78 is 6.65. The fourth-order valence-electron chi connectivity index (χ4n) is 3.19. The molecule has 0 bridgehead atoms. The van der Waals surface area contributed by atoms with Crippen LogP contribution in [0.25, 0.3) is 0 Å². The van der Waals surface area contributed by atoms with Crippen molar-refractivity contribution in [3.05, 3.63) is 34.3 Å². The maximum Gasteiger partial charge on any atom is 0.0472 e. The third-order valence-corrected chi connectivity index (χ3v) is 5.00. The van der Waals surface area contributed by atoms with Gasteiger partial charge in [0.2, 0.25) is 0 Å². The van der Waals surface area contributed by atoms with E-state index in [0.717, 1.165) is 13.2 Å². The molecule has 18 heavy (non-hydrogen) atoms. The van der Waals surface area contributed by atoms with E-state index >= 15 is 0 Å². The fraction of sp³-hybridized carbons (Fsp3) is 0.600. The van der Waals surface area contributed by atoms with Crippen molar-refractivity contribution in [3.63, 3.8) is 0 Å². The summed E-state index contributed by atoms with van der Waals surface area (Å²) in [5, 5.41) is 0. The van der Waals surface area contributed by atoms with Crippen molar-refractivity contribution in [2.45, 2.75) is 25.8 Å². The Morgan fingerprint density at radius 1 is 1.28 bits per heavy atom. The zero-order valence-electron chi connectivity index (χ0n) is 10.9. The second-order valence-corrected chi connectivity index (χ2v) is 6.66. The van der Waals surface area contributed by atoms with Crippen molar-refractivity contribution in [2.75, 3.05) is 26.3 Å². The lowest BCUT2D eigenvalue weighted by molar-refractivity contribution is -0.0953. The number of ether oxygens (including phenoxy) is 1. The second kappa shape index (κ2) is 4.95. The van der Waals surface area contributed by atoms with Crippen molar-refractivity contribution in [1.29, 1.82) is 0 Å². The normalized spacial score (nSPS) is 24.8. The Balaban J connectivity index is 1.64. The second-order valence-electron chi connectivity index (χ2n) is 5.75. The summed E-state index contributed by atoms with van der Waals surface area (Å²) in [4.78, 5) is 2.59. The minimum atomic E-state index is 0.524. The van der Waals surface area contributed by atoms with E-state index in [-0.39, 0.29) is 0 Å². The Labute approximate surface area is 117 Å². The van der Waals surface area contributed by atoms with Gasteiger partial charge in [-0.05, 0) is 37.5 Å². The molecule has 1 unspecified atom stereocenters. The van der Waals surface area contributed by atoms with Gasteiger partial charge in [0.15, 0.2) is 0 Å². The Morgan fingerprint density at radius 3 is 2.67 bits per heavy atom. The molecule has 0 aromatic heterocycles. The number of benzene rings is 1. The summed E-state index contributed by atoms with van der Waals surface area (Å²) >= 11 is 3.55. The molecule has 1 spiro atoms. The summed E-state index contributed by atoms with van der Waals surface area (Å²) in [5.74, 6) is 0. The van der Waals surface area contributed by atoms with Crippen LogP contribution in [-0.2, 0) is 4.74 Å². The number of hydrogen-bond acceptors (Lipinski definition) is 2. The van der Waals surface area contributed by atoms with Gasteiger partial charge >= 0.3 is 0 Å². The molecule has 2 fully saturated rings. The Kier molecular flexibility index (Phi) is 3.48. The maximum atomic E-state index is 5.47. The van der Waals surface area contributed by atoms with E-state index in [1.165, 1.54) is 36.0 Å². The van der Waals surface area contributed by atoms with Crippen LogP contribution in [0.4, 0.5) is 0 Å². The highest BCUT2D eigenvalue weighted by Crippen LogP contribution is 2.43. The van der Waals surface area contributed by atoms with Crippen LogP contribution in [0.2, 0.25) is 0 Å². The molecule has 2 nitrogen and oxygen atoms in total. The summed E-state index contributed by atoms with van der Waals surface area (Å²) in [5.41, 5.74) is 1.98. The van der Waals surface area contributed by atoms with Crippen LogP contribution in [0, 0.1) is 5.41 Å². The highest BCUT2D eigenvalue weighted by atomic mass is 79.9. The molecular formula is C15H20BrNO. The molecule has 0 N–H and O–H groups in total. The summed E-state index contributed by atoms with van der Waals surface area (Å²) in [6.07, 6.45) is 2.49. The molecule has 2 heterocycles. The lowest BCUT2D eigenvalue weighted by Gasteiger charge is -2.54. The van der Waals surface area contributed by atoms with E-state index in [1.54, 1.807) is 0 Å². The van der Waals surface area contributed by atoms with Crippen LogP contribution in [0.5, 0.6) is 0 Å². The fourth-order valence-corrected chi connectivity index (χ4v) is 3.60. The monoisotopic (exact) mass is 309 g/mol. The average molecular weight is 310 g/mol. The van der Waals surface area contributed by atoms with Crippen molar-refractivity contribution in [2.24, 2.45) is 5.41 Å². The predicted octanol–water partition coefficient (Wildman–Crippen LogP) is 3.62. The molecule has 1 aromatic carbocycles. The van der Waals surface area contributed by atoms with Crippen LogP contribution < -0.4 is 0 Å². The smallest absolute Gasteiger partial charge is 0.0472 e. The van der Waals surface area contributed by atoms with E-state index in [9.17, 15) is 0 Å². The molecule has 1 aromatic rings. The highest BCUT2D eigenvalue weighted by Gasteiger charge is 2.45. The van der Waals surface area contributed by atoms with Gasteiger partial charge < -0.3 is 4.74 Å². The van der Waals surface area contributed by atoms with Gasteiger partial charge in [0, 0.05) is 42.2 Å². The van der Waals surface area contributed by atoms with Crippen LogP contribution in [0.15, 0.2) is 28.7 Å². The summed E-state index contributed by atoms with van der Waals surface area (Å²) in [6.45, 7) is 6.71. The molecule has 0 amide bonds. The highest BCUT2D eigenvalue weighted by molar-refractivity contribution is 9.10. The zero-order chi connectivity index (χ0) is 12.6. The molecule has 0 aliphatic carbocycles. The maximum absolute atomic E-state index is 5.47. The number of halogens is 1. The predicted molar refractivity (Wildman–Crippen MR) is 76.6 cm³/mol. The molecular weight excluding hydrogens is 290 g/mol. The molecule has 1 atom stereocenters. The van der Waals surface area contributed by atoms with Crippen molar-refractivity contribution in [1.82, 2.24) is 4.90 Å². The van der Waals surface area contributed by atoms with E-state index in [1.807, 2.05) is 0 Å². The first-order chi connectivity index (χ1) is 8.69. The first-order valence-electron chi connectivity index (χ1n) is 6.76. The van der Waals surface area contributed by atoms with Gasteiger partial charge in [-0.2, -0.15) is 0 Å². The lowest BCUT2D eigenvalue weighted by atomic mass is 9.72. The number of rotatable bonds is 2. The SMILES string of the molecule is CC(c1cccc(Br)c1)N1CC2(CCOCC2)C1. The van der Waals surface area contributed by atoms with Gasteiger partial charge in [-0.15, -0.1) is 0 Å². The Morgan fingerprint density at radius 2 is 2.00 bits per heavy atom. The molecule has 3 heteroatoms. The van der Waals surface area contributed by atoms with Crippen molar-refractivity contribution >= 4 is 15.9 Å². The Bertz CT molecular complexity index is 420. The summed E-state index contributed by atoms with van der Waals surface area (Å²) in [7, 11) is 0. The third-order valence-electron chi connectivity index (χ3n) is 4.51. The van der Waals surface area contributed by atoms with Gasteiger partial charge in [0.1, 0.15) is 0 Å². The largest absolute Gasteiger partial charge is 0.381 e. The zero-order valence-corrected chi connectivity index (χ0v) is 12.4. The van der Waals surface area contributed by atoms with E-state index in [0.29, 0.717) is 11.5 Å². The standard InChI is InChI=1S/C15H20BrNO/c1-12(13-3-2-4-14(16)9-13)17-10-15(11-17)5-7-18-8-6-15/h2-4,9,12H,5-8,10-11H2,1H3. The molecule has 3 rings (SSSR count). The van der Waals surface area contributed by atoms with Crippen LogP contribution in [0.3, 0.4) is 0 Å². The number of hydrogen-bond donors (Lipinski definition) is 0. The minimum absolute atomic E-state index is 0.524.